The lowest BCUT2D eigenvalue weighted by Crippen LogP contribution is -2.18. The number of thiazole rings is 1. The first kappa shape index (κ1) is 9.79. The van der Waals surface area contributed by atoms with Gasteiger partial charge in [0.15, 0.2) is 0 Å². The van der Waals surface area contributed by atoms with Crippen molar-refractivity contribution in [2.75, 3.05) is 0 Å². The van der Waals surface area contributed by atoms with Gasteiger partial charge in [-0.25, -0.2) is 4.98 Å². The van der Waals surface area contributed by atoms with E-state index in [1.165, 1.54) is 42.8 Å². The van der Waals surface area contributed by atoms with Gasteiger partial charge >= 0.3 is 0 Å². The van der Waals surface area contributed by atoms with Crippen molar-refractivity contribution < 1.29 is 0 Å². The smallest absolute Gasteiger partial charge is 0.113 e. The summed E-state index contributed by atoms with van der Waals surface area (Å²) in [5, 5.41) is 3.43. The molecule has 82 valence electrons. The second kappa shape index (κ2) is 3.56. The summed E-state index contributed by atoms with van der Waals surface area (Å²) in [6.07, 6.45) is 9.10. The van der Waals surface area contributed by atoms with E-state index in [9.17, 15) is 0 Å². The summed E-state index contributed by atoms with van der Waals surface area (Å²) >= 11 is 1.78. The minimum absolute atomic E-state index is 0.0302. The summed E-state index contributed by atoms with van der Waals surface area (Å²) in [6, 6.07) is 0. The van der Waals surface area contributed by atoms with Gasteiger partial charge < -0.3 is 5.73 Å². The lowest BCUT2D eigenvalue weighted by Gasteiger charge is -2.19. The highest BCUT2D eigenvalue weighted by Gasteiger charge is 2.43. The average Bonchev–Trinajstić information content (AvgIpc) is 2.85. The van der Waals surface area contributed by atoms with E-state index < -0.39 is 0 Å². The van der Waals surface area contributed by atoms with Gasteiger partial charge in [0.05, 0.1) is 11.2 Å². The summed E-state index contributed by atoms with van der Waals surface area (Å²) < 4.78 is 0. The number of rotatable bonds is 2. The minimum Gasteiger partial charge on any atom is -0.319 e. The van der Waals surface area contributed by atoms with Crippen LogP contribution in [-0.2, 0) is 5.54 Å². The van der Waals surface area contributed by atoms with Crippen molar-refractivity contribution in [1.82, 2.24) is 4.98 Å². The third kappa shape index (κ3) is 1.83. The molecule has 15 heavy (non-hydrogen) atoms. The average molecular weight is 222 g/mol. The molecule has 0 bridgehead atoms. The molecular formula is C12H18N2S. The summed E-state index contributed by atoms with van der Waals surface area (Å²) in [6.45, 7) is 0. The Kier molecular flexibility index (Phi) is 2.33. The van der Waals surface area contributed by atoms with Crippen LogP contribution in [0.4, 0.5) is 0 Å². The second-order valence-electron chi connectivity index (χ2n) is 5.07. The molecule has 1 aromatic heterocycles. The quantitative estimate of drug-likeness (QED) is 0.835. The van der Waals surface area contributed by atoms with E-state index in [2.05, 4.69) is 5.38 Å². The van der Waals surface area contributed by atoms with E-state index in [1.807, 2.05) is 0 Å². The predicted octanol–water partition coefficient (Wildman–Crippen LogP) is 3.14. The zero-order chi connectivity index (χ0) is 10.3. The summed E-state index contributed by atoms with van der Waals surface area (Å²) in [5.41, 5.74) is 7.45. The normalized spacial score (nSPS) is 25.4. The third-order valence-electron chi connectivity index (χ3n) is 3.76. The van der Waals surface area contributed by atoms with E-state index in [-0.39, 0.29) is 5.54 Å². The number of nitrogens with zero attached hydrogens (tertiary/aromatic N) is 1. The Bertz CT molecular complexity index is 348. The second-order valence-corrected chi connectivity index (χ2v) is 5.93. The molecule has 2 fully saturated rings. The zero-order valence-electron chi connectivity index (χ0n) is 9.04. The van der Waals surface area contributed by atoms with Gasteiger partial charge in [0, 0.05) is 11.3 Å². The molecular weight excluding hydrogens is 204 g/mol. The van der Waals surface area contributed by atoms with Crippen molar-refractivity contribution in [2.24, 2.45) is 5.73 Å². The van der Waals surface area contributed by atoms with Crippen LogP contribution < -0.4 is 5.73 Å². The molecule has 3 heteroatoms. The first-order valence-corrected chi connectivity index (χ1v) is 6.91. The van der Waals surface area contributed by atoms with Crippen molar-refractivity contribution in [2.45, 2.75) is 56.4 Å². The predicted molar refractivity (Wildman–Crippen MR) is 63.0 cm³/mol. The molecule has 2 aliphatic rings. The Morgan fingerprint density at radius 3 is 2.67 bits per heavy atom. The SMILES string of the molecule is NC1(c2nc(C3CCCCC3)cs2)CC1. The van der Waals surface area contributed by atoms with Crippen LogP contribution in [0.3, 0.4) is 0 Å². The van der Waals surface area contributed by atoms with Crippen LogP contribution in [0.2, 0.25) is 0 Å². The van der Waals surface area contributed by atoms with Crippen LogP contribution in [0, 0.1) is 0 Å². The molecule has 0 aliphatic heterocycles. The lowest BCUT2D eigenvalue weighted by molar-refractivity contribution is 0.437. The molecule has 0 atom stereocenters. The van der Waals surface area contributed by atoms with Crippen LogP contribution in [0.25, 0.3) is 0 Å². The molecule has 0 radical (unpaired) electrons. The molecule has 0 saturated heterocycles. The van der Waals surface area contributed by atoms with Gasteiger partial charge in [-0.1, -0.05) is 19.3 Å². The maximum Gasteiger partial charge on any atom is 0.113 e. The molecule has 0 spiro atoms. The van der Waals surface area contributed by atoms with Gasteiger partial charge in [-0.15, -0.1) is 11.3 Å². The molecule has 0 aromatic carbocycles. The fraction of sp³-hybridized carbons (Fsp3) is 0.750. The van der Waals surface area contributed by atoms with Gasteiger partial charge in [0.1, 0.15) is 5.01 Å². The Morgan fingerprint density at radius 2 is 2.00 bits per heavy atom. The molecule has 3 rings (SSSR count). The minimum atomic E-state index is -0.0302. The maximum absolute atomic E-state index is 6.16. The van der Waals surface area contributed by atoms with Crippen molar-refractivity contribution in [3.05, 3.63) is 16.1 Å². The van der Waals surface area contributed by atoms with Crippen molar-refractivity contribution in [3.63, 3.8) is 0 Å². The Morgan fingerprint density at radius 1 is 1.27 bits per heavy atom. The van der Waals surface area contributed by atoms with Crippen LogP contribution in [0.15, 0.2) is 5.38 Å². The van der Waals surface area contributed by atoms with E-state index in [0.717, 1.165) is 18.8 Å². The summed E-state index contributed by atoms with van der Waals surface area (Å²) in [5.74, 6) is 0.728. The summed E-state index contributed by atoms with van der Waals surface area (Å²) in [4.78, 5) is 4.76. The monoisotopic (exact) mass is 222 g/mol. The Balaban J connectivity index is 1.77. The molecule has 2 nitrogen and oxygen atoms in total. The van der Waals surface area contributed by atoms with Gasteiger partial charge in [0.2, 0.25) is 0 Å². The van der Waals surface area contributed by atoms with Gasteiger partial charge in [0.25, 0.3) is 0 Å². The fourth-order valence-electron chi connectivity index (χ4n) is 2.45. The van der Waals surface area contributed by atoms with Crippen LogP contribution in [0.1, 0.15) is 61.6 Å². The van der Waals surface area contributed by atoms with Crippen molar-refractivity contribution in [1.29, 1.82) is 0 Å². The first-order valence-electron chi connectivity index (χ1n) is 6.03. The molecule has 0 unspecified atom stereocenters. The molecule has 2 aliphatic carbocycles. The van der Waals surface area contributed by atoms with E-state index >= 15 is 0 Å². The van der Waals surface area contributed by atoms with E-state index in [4.69, 9.17) is 10.7 Å². The highest BCUT2D eigenvalue weighted by molar-refractivity contribution is 7.09. The van der Waals surface area contributed by atoms with Crippen molar-refractivity contribution >= 4 is 11.3 Å². The van der Waals surface area contributed by atoms with Gasteiger partial charge in [-0.3, -0.25) is 0 Å². The van der Waals surface area contributed by atoms with Gasteiger partial charge in [-0.2, -0.15) is 0 Å². The highest BCUT2D eigenvalue weighted by Crippen LogP contribution is 2.45. The number of nitrogens with two attached hydrogens (primary N) is 1. The van der Waals surface area contributed by atoms with Crippen LogP contribution in [0.5, 0.6) is 0 Å². The number of hydrogen-bond acceptors (Lipinski definition) is 3. The molecule has 1 heterocycles. The largest absolute Gasteiger partial charge is 0.319 e. The lowest BCUT2D eigenvalue weighted by atomic mass is 9.87. The molecule has 1 aromatic rings. The Hall–Kier alpha value is -0.410. The molecule has 2 N–H and O–H groups in total. The van der Waals surface area contributed by atoms with Gasteiger partial charge in [-0.05, 0) is 25.7 Å². The standard InChI is InChI=1S/C12H18N2S/c13-12(6-7-12)11-14-10(8-15-11)9-4-2-1-3-5-9/h8-9H,1-7,13H2. The number of aromatic nitrogens is 1. The van der Waals surface area contributed by atoms with Crippen LogP contribution >= 0.6 is 11.3 Å². The zero-order valence-corrected chi connectivity index (χ0v) is 9.85. The maximum atomic E-state index is 6.16. The number of hydrogen-bond donors (Lipinski definition) is 1. The molecule has 2 saturated carbocycles. The van der Waals surface area contributed by atoms with Crippen LogP contribution in [-0.4, -0.2) is 4.98 Å². The Labute approximate surface area is 94.9 Å². The molecule has 0 amide bonds. The highest BCUT2D eigenvalue weighted by atomic mass is 32.1. The first-order chi connectivity index (χ1) is 7.28. The van der Waals surface area contributed by atoms with Crippen molar-refractivity contribution in [3.8, 4) is 0 Å². The summed E-state index contributed by atoms with van der Waals surface area (Å²) in [7, 11) is 0. The third-order valence-corrected chi connectivity index (χ3v) is 4.84. The van der Waals surface area contributed by atoms with E-state index in [1.54, 1.807) is 11.3 Å². The fourth-order valence-corrected chi connectivity index (χ4v) is 3.52. The topological polar surface area (TPSA) is 38.9 Å². The van der Waals surface area contributed by atoms with E-state index in [0.29, 0.717) is 0 Å².